The molecule has 0 aliphatic heterocycles. The minimum atomic E-state index is -0.255. The number of nitrogens with zero attached hydrogens (tertiary/aromatic N) is 2. The third kappa shape index (κ3) is 5.12. The van der Waals surface area contributed by atoms with Crippen molar-refractivity contribution in [3.05, 3.63) is 23.6 Å². The van der Waals surface area contributed by atoms with E-state index in [1.807, 2.05) is 27.8 Å². The number of aromatic nitrogens is 1. The molecule has 4 nitrogen and oxygen atoms in total. The summed E-state index contributed by atoms with van der Waals surface area (Å²) in [4.78, 5) is 5.89. The van der Waals surface area contributed by atoms with Crippen LogP contribution >= 0.6 is 0 Å². The van der Waals surface area contributed by atoms with Gasteiger partial charge < -0.3 is 15.0 Å². The molecule has 0 amide bonds. The summed E-state index contributed by atoms with van der Waals surface area (Å²) >= 11 is 0. The van der Waals surface area contributed by atoms with Crippen LogP contribution in [0.15, 0.2) is 12.3 Å². The molecule has 1 rings (SSSR count). The summed E-state index contributed by atoms with van der Waals surface area (Å²) in [6.45, 7) is 8.39. The van der Waals surface area contributed by atoms with Gasteiger partial charge in [-0.15, -0.1) is 0 Å². The Labute approximate surface area is 115 Å². The van der Waals surface area contributed by atoms with Crippen LogP contribution in [0.5, 0.6) is 0 Å². The van der Waals surface area contributed by atoms with Gasteiger partial charge in [-0.2, -0.15) is 0 Å². The number of likely N-dealkylation sites (N-methyl/N-ethyl adjacent to an activating group) is 1. The second-order valence-corrected chi connectivity index (χ2v) is 4.76. The Hall–Kier alpha value is -1.20. The summed E-state index contributed by atoms with van der Waals surface area (Å²) in [7, 11) is 1.82. The van der Waals surface area contributed by atoms with E-state index in [4.69, 9.17) is 4.74 Å². The first kappa shape index (κ1) is 15.9. The van der Waals surface area contributed by atoms with Crippen molar-refractivity contribution in [3.63, 3.8) is 0 Å². The average molecular weight is 269 g/mol. The smallest absolute Gasteiger partial charge is 0.170 e. The van der Waals surface area contributed by atoms with Crippen LogP contribution in [0.25, 0.3) is 0 Å². The van der Waals surface area contributed by atoms with Gasteiger partial charge >= 0.3 is 0 Å². The normalized spacial score (nSPS) is 11.1. The molecule has 0 saturated carbocycles. The van der Waals surface area contributed by atoms with E-state index in [2.05, 4.69) is 10.3 Å². The highest BCUT2D eigenvalue weighted by atomic mass is 19.1. The zero-order valence-corrected chi connectivity index (χ0v) is 12.2. The first-order chi connectivity index (χ1) is 9.06. The van der Waals surface area contributed by atoms with Gasteiger partial charge in [0.2, 0.25) is 0 Å². The van der Waals surface area contributed by atoms with Crippen molar-refractivity contribution in [1.29, 1.82) is 0 Å². The van der Waals surface area contributed by atoms with Crippen molar-refractivity contribution in [3.8, 4) is 0 Å². The second-order valence-electron chi connectivity index (χ2n) is 4.76. The predicted octanol–water partition coefficient (Wildman–Crippen LogP) is 2.19. The van der Waals surface area contributed by atoms with Gasteiger partial charge in [0.15, 0.2) is 11.6 Å². The van der Waals surface area contributed by atoms with Gasteiger partial charge in [0.05, 0.1) is 6.61 Å². The maximum Gasteiger partial charge on any atom is 0.170 e. The number of nitrogens with one attached hydrogen (secondary N) is 1. The molecule has 0 aliphatic carbocycles. The summed E-state index contributed by atoms with van der Waals surface area (Å²) < 4.78 is 19.6. The lowest BCUT2D eigenvalue weighted by Crippen LogP contribution is -2.26. The van der Waals surface area contributed by atoms with Gasteiger partial charge in [0, 0.05) is 44.5 Å². The van der Waals surface area contributed by atoms with Crippen molar-refractivity contribution in [2.75, 3.05) is 31.7 Å². The molecule has 0 bridgehead atoms. The number of hydrogen-bond donors (Lipinski definition) is 1. The fourth-order valence-electron chi connectivity index (χ4n) is 1.64. The lowest BCUT2D eigenvalue weighted by atomic mass is 10.2. The number of pyridine rings is 1. The van der Waals surface area contributed by atoms with Crippen LogP contribution in [0.3, 0.4) is 0 Å². The summed E-state index contributed by atoms with van der Waals surface area (Å²) in [5.74, 6) is 0.123. The van der Waals surface area contributed by atoms with Crippen LogP contribution in [0, 0.1) is 5.82 Å². The molecule has 19 heavy (non-hydrogen) atoms. The molecule has 1 N–H and O–H groups in total. The number of halogens is 1. The zero-order chi connectivity index (χ0) is 14.3. The zero-order valence-electron chi connectivity index (χ0n) is 12.2. The SMILES string of the molecule is CCOCCN(C)c1nccc(CNC(C)C)c1F. The molecule has 0 saturated heterocycles. The molecule has 0 spiro atoms. The van der Waals surface area contributed by atoms with Crippen molar-refractivity contribution in [2.24, 2.45) is 0 Å². The lowest BCUT2D eigenvalue weighted by molar-refractivity contribution is 0.154. The van der Waals surface area contributed by atoms with Gasteiger partial charge in [-0.1, -0.05) is 13.8 Å². The fraction of sp³-hybridized carbons (Fsp3) is 0.643. The molecule has 1 heterocycles. The van der Waals surface area contributed by atoms with Crippen molar-refractivity contribution in [2.45, 2.75) is 33.4 Å². The highest BCUT2D eigenvalue weighted by Crippen LogP contribution is 2.18. The largest absolute Gasteiger partial charge is 0.380 e. The van der Waals surface area contributed by atoms with E-state index in [0.717, 1.165) is 0 Å². The Kier molecular flexibility index (Phi) is 6.73. The number of rotatable bonds is 8. The standard InChI is InChI=1S/C14H24FN3O/c1-5-19-9-8-18(4)14-13(15)12(6-7-16-14)10-17-11(2)3/h6-7,11,17H,5,8-10H2,1-4H3. The van der Waals surface area contributed by atoms with Crippen molar-refractivity contribution in [1.82, 2.24) is 10.3 Å². The molecule has 0 unspecified atom stereocenters. The second kappa shape index (κ2) is 8.07. The van der Waals surface area contributed by atoms with E-state index in [1.54, 1.807) is 17.2 Å². The predicted molar refractivity (Wildman–Crippen MR) is 75.9 cm³/mol. The van der Waals surface area contributed by atoms with Gasteiger partial charge in [0.25, 0.3) is 0 Å². The van der Waals surface area contributed by atoms with Crippen LogP contribution < -0.4 is 10.2 Å². The van der Waals surface area contributed by atoms with Gasteiger partial charge in [-0.05, 0) is 13.0 Å². The minimum Gasteiger partial charge on any atom is -0.380 e. The first-order valence-corrected chi connectivity index (χ1v) is 6.71. The Morgan fingerprint density at radius 2 is 2.21 bits per heavy atom. The Bertz CT molecular complexity index is 385. The Morgan fingerprint density at radius 3 is 2.84 bits per heavy atom. The Morgan fingerprint density at radius 1 is 1.47 bits per heavy atom. The molecular formula is C14H24FN3O. The topological polar surface area (TPSA) is 37.4 Å². The Balaban J connectivity index is 2.70. The highest BCUT2D eigenvalue weighted by Gasteiger charge is 2.13. The third-order valence-electron chi connectivity index (χ3n) is 2.79. The quantitative estimate of drug-likeness (QED) is 0.734. The molecule has 5 heteroatoms. The summed E-state index contributed by atoms with van der Waals surface area (Å²) in [5, 5.41) is 3.21. The third-order valence-corrected chi connectivity index (χ3v) is 2.79. The molecule has 0 aromatic carbocycles. The molecule has 108 valence electrons. The van der Waals surface area contributed by atoms with E-state index >= 15 is 0 Å². The number of ether oxygens (including phenoxy) is 1. The van der Waals surface area contributed by atoms with E-state index in [1.165, 1.54) is 0 Å². The number of hydrogen-bond acceptors (Lipinski definition) is 4. The van der Waals surface area contributed by atoms with Crippen LogP contribution in [0.1, 0.15) is 26.3 Å². The van der Waals surface area contributed by atoms with Gasteiger partial charge in [-0.3, -0.25) is 0 Å². The van der Waals surface area contributed by atoms with Crippen LogP contribution in [0.2, 0.25) is 0 Å². The van der Waals surface area contributed by atoms with Crippen molar-refractivity contribution < 1.29 is 9.13 Å². The highest BCUT2D eigenvalue weighted by molar-refractivity contribution is 5.42. The van der Waals surface area contributed by atoms with Gasteiger partial charge in [0.1, 0.15) is 0 Å². The van der Waals surface area contributed by atoms with Gasteiger partial charge in [-0.25, -0.2) is 9.37 Å². The average Bonchev–Trinajstić information content (AvgIpc) is 2.37. The molecule has 1 aromatic heterocycles. The molecular weight excluding hydrogens is 245 g/mol. The van der Waals surface area contributed by atoms with E-state index in [-0.39, 0.29) is 5.82 Å². The first-order valence-electron chi connectivity index (χ1n) is 6.71. The lowest BCUT2D eigenvalue weighted by Gasteiger charge is -2.20. The van der Waals surface area contributed by atoms with Crippen LogP contribution in [-0.2, 0) is 11.3 Å². The molecule has 1 aromatic rings. The minimum absolute atomic E-state index is 0.255. The van der Waals surface area contributed by atoms with E-state index in [9.17, 15) is 4.39 Å². The van der Waals surface area contributed by atoms with Crippen molar-refractivity contribution >= 4 is 5.82 Å². The molecule has 0 atom stereocenters. The molecule has 0 radical (unpaired) electrons. The molecule has 0 fully saturated rings. The monoisotopic (exact) mass is 269 g/mol. The maximum atomic E-state index is 14.3. The number of anilines is 1. The maximum absolute atomic E-state index is 14.3. The molecule has 0 aliphatic rings. The van der Waals surface area contributed by atoms with Crippen LogP contribution in [-0.4, -0.2) is 37.8 Å². The summed E-state index contributed by atoms with van der Waals surface area (Å²) in [6, 6.07) is 2.04. The summed E-state index contributed by atoms with van der Waals surface area (Å²) in [5.41, 5.74) is 0.641. The fourth-order valence-corrected chi connectivity index (χ4v) is 1.64. The van der Waals surface area contributed by atoms with E-state index in [0.29, 0.717) is 43.7 Å². The van der Waals surface area contributed by atoms with E-state index < -0.39 is 0 Å². The van der Waals surface area contributed by atoms with Crippen LogP contribution in [0.4, 0.5) is 10.2 Å². The summed E-state index contributed by atoms with van der Waals surface area (Å²) in [6.07, 6.45) is 1.65.